The third-order valence-corrected chi connectivity index (χ3v) is 5.18. The van der Waals surface area contributed by atoms with E-state index < -0.39 is 11.6 Å². The van der Waals surface area contributed by atoms with Gasteiger partial charge in [0.15, 0.2) is 6.61 Å². The highest BCUT2D eigenvalue weighted by Gasteiger charge is 2.36. The highest BCUT2D eigenvalue weighted by Crippen LogP contribution is 2.36. The monoisotopic (exact) mass is 339 g/mol. The van der Waals surface area contributed by atoms with Crippen molar-refractivity contribution in [2.75, 3.05) is 19.7 Å². The zero-order chi connectivity index (χ0) is 17.1. The Hall–Kier alpha value is -1.69. The number of piperidine rings is 1. The van der Waals surface area contributed by atoms with Gasteiger partial charge in [-0.1, -0.05) is 25.7 Å². The Morgan fingerprint density at radius 2 is 1.83 bits per heavy atom. The Morgan fingerprint density at radius 3 is 2.50 bits per heavy atom. The number of rotatable bonds is 4. The first-order valence-electron chi connectivity index (χ1n) is 8.57. The molecule has 132 valence electrons. The molecule has 1 N–H and O–H groups in total. The van der Waals surface area contributed by atoms with Crippen LogP contribution in [0.1, 0.15) is 32.1 Å². The van der Waals surface area contributed by atoms with Crippen molar-refractivity contribution in [2.24, 2.45) is 11.8 Å². The van der Waals surface area contributed by atoms with Crippen LogP contribution < -0.4 is 4.74 Å². The van der Waals surface area contributed by atoms with E-state index in [1.54, 1.807) is 4.90 Å². The van der Waals surface area contributed by atoms with Crippen molar-refractivity contribution in [3.05, 3.63) is 29.8 Å². The number of aliphatic hydroxyl groups excluding tert-OH is 1. The number of nitrogens with zero attached hydrogens (tertiary/aromatic N) is 1. The highest BCUT2D eigenvalue weighted by atomic mass is 19.1. The summed E-state index contributed by atoms with van der Waals surface area (Å²) in [7, 11) is 0. The number of likely N-dealkylation sites (tertiary alicyclic amines) is 1. The van der Waals surface area contributed by atoms with E-state index in [0.717, 1.165) is 31.0 Å². The first-order valence-corrected chi connectivity index (χ1v) is 8.57. The maximum atomic E-state index is 13.1. The number of hydrogen-bond acceptors (Lipinski definition) is 3. The summed E-state index contributed by atoms with van der Waals surface area (Å²) in [6.45, 7) is 0.770. The third-order valence-electron chi connectivity index (χ3n) is 5.18. The van der Waals surface area contributed by atoms with Crippen LogP contribution in [-0.2, 0) is 4.79 Å². The molecular formula is C18H23F2NO3. The van der Waals surface area contributed by atoms with Crippen LogP contribution in [0.5, 0.6) is 5.75 Å². The van der Waals surface area contributed by atoms with Gasteiger partial charge in [-0.15, -0.1) is 0 Å². The van der Waals surface area contributed by atoms with Gasteiger partial charge in [0, 0.05) is 37.2 Å². The number of carbonyl (C=O) groups excluding carboxylic acids is 1. The van der Waals surface area contributed by atoms with Gasteiger partial charge in [0.25, 0.3) is 5.91 Å². The lowest BCUT2D eigenvalue weighted by Gasteiger charge is -2.39. The number of amides is 1. The maximum Gasteiger partial charge on any atom is 0.260 e. The minimum absolute atomic E-state index is 0.00485. The number of halogens is 2. The molecule has 1 aromatic carbocycles. The predicted molar refractivity (Wildman–Crippen MR) is 84.5 cm³/mol. The van der Waals surface area contributed by atoms with Gasteiger partial charge in [0.05, 0.1) is 6.10 Å². The zero-order valence-corrected chi connectivity index (χ0v) is 13.6. The molecule has 2 fully saturated rings. The Labute approximate surface area is 140 Å². The topological polar surface area (TPSA) is 49.8 Å². The van der Waals surface area contributed by atoms with Gasteiger partial charge in [0.1, 0.15) is 17.4 Å². The lowest BCUT2D eigenvalue weighted by molar-refractivity contribution is -0.138. The van der Waals surface area contributed by atoms with E-state index in [0.29, 0.717) is 25.4 Å². The second-order valence-electron chi connectivity index (χ2n) is 6.80. The van der Waals surface area contributed by atoms with E-state index in [9.17, 15) is 18.7 Å². The Balaban J connectivity index is 1.56. The van der Waals surface area contributed by atoms with Crippen molar-refractivity contribution in [1.82, 2.24) is 4.90 Å². The number of aliphatic hydroxyl groups is 1. The van der Waals surface area contributed by atoms with Gasteiger partial charge < -0.3 is 14.7 Å². The average Bonchev–Trinajstić information content (AvgIpc) is 3.06. The summed E-state index contributed by atoms with van der Waals surface area (Å²) < 4.78 is 31.5. The highest BCUT2D eigenvalue weighted by molar-refractivity contribution is 5.77. The van der Waals surface area contributed by atoms with Crippen molar-refractivity contribution < 1.29 is 23.4 Å². The molecule has 0 spiro atoms. The maximum absolute atomic E-state index is 13.1. The van der Waals surface area contributed by atoms with Crippen LogP contribution in [0.25, 0.3) is 0 Å². The fourth-order valence-electron chi connectivity index (χ4n) is 3.89. The largest absolute Gasteiger partial charge is 0.484 e. The minimum atomic E-state index is -0.736. The van der Waals surface area contributed by atoms with E-state index in [4.69, 9.17) is 4.74 Å². The number of benzene rings is 1. The molecule has 0 bridgehead atoms. The molecule has 6 heteroatoms. The molecule has 1 amide bonds. The van der Waals surface area contributed by atoms with Gasteiger partial charge in [-0.05, 0) is 12.3 Å². The summed E-state index contributed by atoms with van der Waals surface area (Å²) >= 11 is 0. The molecule has 1 aliphatic heterocycles. The fraction of sp³-hybridized carbons (Fsp3) is 0.611. The van der Waals surface area contributed by atoms with Crippen LogP contribution in [0.15, 0.2) is 18.2 Å². The zero-order valence-electron chi connectivity index (χ0n) is 13.6. The molecule has 24 heavy (non-hydrogen) atoms. The van der Waals surface area contributed by atoms with Gasteiger partial charge in [-0.25, -0.2) is 8.78 Å². The molecule has 0 aromatic heterocycles. The summed E-state index contributed by atoms with van der Waals surface area (Å²) in [5, 5.41) is 10.2. The van der Waals surface area contributed by atoms with Gasteiger partial charge >= 0.3 is 0 Å². The van der Waals surface area contributed by atoms with E-state index in [1.807, 2.05) is 0 Å². The summed E-state index contributed by atoms with van der Waals surface area (Å²) in [5.41, 5.74) is 0. The molecule has 2 atom stereocenters. The van der Waals surface area contributed by atoms with E-state index in [2.05, 4.69) is 0 Å². The van der Waals surface area contributed by atoms with Crippen LogP contribution in [0.3, 0.4) is 0 Å². The molecular weight excluding hydrogens is 316 g/mol. The standard InChI is InChI=1S/C18H23F2NO3/c19-13-7-14(20)9-15(8-13)24-11-18(23)21-6-5-17(22)16(10-21)12-3-1-2-4-12/h7-9,12,16-17,22H,1-6,10-11H2/t16-,17+/m0/s1. The lowest BCUT2D eigenvalue weighted by Crippen LogP contribution is -2.49. The minimum Gasteiger partial charge on any atom is -0.484 e. The van der Waals surface area contributed by atoms with Crippen LogP contribution in [-0.4, -0.2) is 41.7 Å². The molecule has 4 nitrogen and oxygen atoms in total. The Morgan fingerprint density at radius 1 is 1.17 bits per heavy atom. The summed E-state index contributed by atoms with van der Waals surface area (Å²) in [6, 6.07) is 2.86. The van der Waals surface area contributed by atoms with Crippen molar-refractivity contribution in [3.8, 4) is 5.75 Å². The smallest absolute Gasteiger partial charge is 0.260 e. The number of carbonyl (C=O) groups is 1. The van der Waals surface area contributed by atoms with E-state index in [-0.39, 0.29) is 30.3 Å². The third kappa shape index (κ3) is 4.04. The van der Waals surface area contributed by atoms with E-state index >= 15 is 0 Å². The SMILES string of the molecule is O=C(COc1cc(F)cc(F)c1)N1CC[C@@H](O)[C@H](C2CCCC2)C1. The first kappa shape index (κ1) is 17.1. The number of hydrogen-bond donors (Lipinski definition) is 1. The molecule has 1 heterocycles. The van der Waals surface area contributed by atoms with Crippen molar-refractivity contribution in [2.45, 2.75) is 38.2 Å². The fourth-order valence-corrected chi connectivity index (χ4v) is 3.89. The first-order chi connectivity index (χ1) is 11.5. The average molecular weight is 339 g/mol. The second-order valence-corrected chi connectivity index (χ2v) is 6.80. The molecule has 1 saturated carbocycles. The normalized spacial score (nSPS) is 25.0. The molecule has 3 rings (SSSR count). The molecule has 1 saturated heterocycles. The van der Waals surface area contributed by atoms with E-state index in [1.165, 1.54) is 12.8 Å². The van der Waals surface area contributed by atoms with Crippen LogP contribution >= 0.6 is 0 Å². The molecule has 2 aliphatic rings. The quantitative estimate of drug-likeness (QED) is 0.918. The van der Waals surface area contributed by atoms with Crippen LogP contribution in [0.4, 0.5) is 8.78 Å². The molecule has 0 unspecified atom stereocenters. The molecule has 1 aromatic rings. The van der Waals surface area contributed by atoms with Gasteiger partial charge in [0.2, 0.25) is 0 Å². The van der Waals surface area contributed by atoms with Crippen molar-refractivity contribution in [3.63, 3.8) is 0 Å². The summed E-state index contributed by atoms with van der Waals surface area (Å²) in [4.78, 5) is 14.0. The number of ether oxygens (including phenoxy) is 1. The molecule has 1 aliphatic carbocycles. The van der Waals surface area contributed by atoms with Crippen LogP contribution in [0.2, 0.25) is 0 Å². The summed E-state index contributed by atoms with van der Waals surface area (Å²) in [5.74, 6) is -1.08. The Bertz CT molecular complexity index is 569. The Kier molecular flexibility index (Phi) is 5.33. The van der Waals surface area contributed by atoms with Gasteiger partial charge in [-0.3, -0.25) is 4.79 Å². The molecule has 0 radical (unpaired) electrons. The summed E-state index contributed by atoms with van der Waals surface area (Å²) in [6.07, 6.45) is 4.83. The predicted octanol–water partition coefficient (Wildman–Crippen LogP) is 2.74. The lowest BCUT2D eigenvalue weighted by atomic mass is 9.82. The van der Waals surface area contributed by atoms with Crippen molar-refractivity contribution >= 4 is 5.91 Å². The second kappa shape index (κ2) is 7.47. The van der Waals surface area contributed by atoms with Crippen LogP contribution in [0, 0.1) is 23.5 Å². The van der Waals surface area contributed by atoms with Gasteiger partial charge in [-0.2, -0.15) is 0 Å². The van der Waals surface area contributed by atoms with Crippen molar-refractivity contribution in [1.29, 1.82) is 0 Å².